The second-order valence-electron chi connectivity index (χ2n) is 5.12. The Balaban J connectivity index is 1.71. The Hall–Kier alpha value is -2.60. The van der Waals surface area contributed by atoms with Gasteiger partial charge in [0.25, 0.3) is 0 Å². The number of urea groups is 1. The van der Waals surface area contributed by atoms with Gasteiger partial charge in [0, 0.05) is 16.9 Å². The number of rotatable bonds is 3. The fraction of sp³-hybridized carbons (Fsp3) is 0.0588. The summed E-state index contributed by atoms with van der Waals surface area (Å²) in [7, 11) is 0. The molecular formula is C17H15BrN4O. The van der Waals surface area contributed by atoms with Crippen LogP contribution in [0.5, 0.6) is 0 Å². The van der Waals surface area contributed by atoms with Crippen molar-refractivity contribution in [2.75, 3.05) is 10.6 Å². The molecule has 116 valence electrons. The topological polar surface area (TPSA) is 69.8 Å². The van der Waals surface area contributed by atoms with Gasteiger partial charge >= 0.3 is 6.03 Å². The molecule has 0 fully saturated rings. The molecule has 0 bridgehead atoms. The molecule has 1 aromatic heterocycles. The van der Waals surface area contributed by atoms with Crippen molar-refractivity contribution >= 4 is 33.3 Å². The smallest absolute Gasteiger partial charge is 0.308 e. The average molecular weight is 371 g/mol. The fourth-order valence-corrected chi connectivity index (χ4v) is 2.58. The van der Waals surface area contributed by atoms with Gasteiger partial charge in [0.1, 0.15) is 0 Å². The number of hydrogen-bond donors (Lipinski definition) is 3. The summed E-state index contributed by atoms with van der Waals surface area (Å²) in [5, 5.41) is 12.5. The Morgan fingerprint density at radius 1 is 1.09 bits per heavy atom. The summed E-state index contributed by atoms with van der Waals surface area (Å²) in [6.45, 7) is 2.00. The molecule has 3 rings (SSSR count). The third-order valence-corrected chi connectivity index (χ3v) is 3.91. The highest BCUT2D eigenvalue weighted by Crippen LogP contribution is 2.27. The van der Waals surface area contributed by atoms with Crippen LogP contribution in [0.4, 0.5) is 16.2 Å². The van der Waals surface area contributed by atoms with Crippen molar-refractivity contribution in [1.29, 1.82) is 0 Å². The molecule has 0 aliphatic rings. The largest absolute Gasteiger partial charge is 0.323 e. The van der Waals surface area contributed by atoms with Crippen LogP contribution in [0, 0.1) is 6.92 Å². The van der Waals surface area contributed by atoms with Gasteiger partial charge in [-0.1, -0.05) is 29.8 Å². The number of anilines is 2. The molecule has 0 spiro atoms. The van der Waals surface area contributed by atoms with E-state index < -0.39 is 0 Å². The van der Waals surface area contributed by atoms with Crippen LogP contribution in [-0.4, -0.2) is 16.2 Å². The van der Waals surface area contributed by atoms with Crippen LogP contribution in [0.2, 0.25) is 0 Å². The van der Waals surface area contributed by atoms with Gasteiger partial charge in [-0.25, -0.2) is 4.79 Å². The first-order chi connectivity index (χ1) is 11.1. The SMILES string of the molecule is Cc1ccc(NC(=O)Nc2cccc(-c3[nH]ncc3Br)c2)cc1. The van der Waals surface area contributed by atoms with Gasteiger partial charge in [0.2, 0.25) is 0 Å². The number of aryl methyl sites for hydroxylation is 1. The first-order valence-corrected chi connectivity index (χ1v) is 7.85. The lowest BCUT2D eigenvalue weighted by molar-refractivity contribution is 0.262. The predicted molar refractivity (Wildman–Crippen MR) is 95.5 cm³/mol. The number of nitrogens with one attached hydrogen (secondary N) is 3. The van der Waals surface area contributed by atoms with Crippen molar-refractivity contribution in [1.82, 2.24) is 10.2 Å². The third kappa shape index (κ3) is 3.78. The molecule has 0 aliphatic heterocycles. The summed E-state index contributed by atoms with van der Waals surface area (Å²) in [5.74, 6) is 0. The van der Waals surface area contributed by atoms with Gasteiger partial charge in [0.15, 0.2) is 0 Å². The lowest BCUT2D eigenvalue weighted by Gasteiger charge is -2.09. The number of carbonyl (C=O) groups excluding carboxylic acids is 1. The van der Waals surface area contributed by atoms with Gasteiger partial charge in [-0.3, -0.25) is 5.10 Å². The Kier molecular flexibility index (Phi) is 4.43. The molecule has 0 unspecified atom stereocenters. The number of aromatic nitrogens is 2. The molecule has 23 heavy (non-hydrogen) atoms. The maximum atomic E-state index is 12.1. The van der Waals surface area contributed by atoms with Crippen LogP contribution in [0.3, 0.4) is 0 Å². The standard InChI is InChI=1S/C17H15BrN4O/c1-11-5-7-13(8-6-11)20-17(23)21-14-4-2-3-12(9-14)16-15(18)10-19-22-16/h2-10H,1H3,(H,19,22)(H2,20,21,23). The van der Waals surface area contributed by atoms with E-state index in [9.17, 15) is 4.79 Å². The van der Waals surface area contributed by atoms with E-state index in [1.807, 2.05) is 55.5 Å². The Morgan fingerprint density at radius 2 is 1.83 bits per heavy atom. The molecule has 1 heterocycles. The molecule has 0 aliphatic carbocycles. The summed E-state index contributed by atoms with van der Waals surface area (Å²) in [5.41, 5.74) is 4.40. The lowest BCUT2D eigenvalue weighted by Crippen LogP contribution is -2.19. The minimum absolute atomic E-state index is 0.283. The number of halogens is 1. The highest BCUT2D eigenvalue weighted by Gasteiger charge is 2.07. The van der Waals surface area contributed by atoms with Gasteiger partial charge < -0.3 is 10.6 Å². The van der Waals surface area contributed by atoms with Crippen LogP contribution < -0.4 is 10.6 Å². The Morgan fingerprint density at radius 3 is 2.52 bits per heavy atom. The second-order valence-corrected chi connectivity index (χ2v) is 5.97. The quantitative estimate of drug-likeness (QED) is 0.620. The van der Waals surface area contributed by atoms with E-state index >= 15 is 0 Å². The fourth-order valence-electron chi connectivity index (χ4n) is 2.16. The highest BCUT2D eigenvalue weighted by atomic mass is 79.9. The van der Waals surface area contributed by atoms with Crippen LogP contribution in [-0.2, 0) is 0 Å². The summed E-state index contributed by atoms with van der Waals surface area (Å²) < 4.78 is 0.874. The Labute approximate surface area is 142 Å². The van der Waals surface area contributed by atoms with Crippen molar-refractivity contribution in [2.45, 2.75) is 6.92 Å². The third-order valence-electron chi connectivity index (χ3n) is 3.31. The minimum Gasteiger partial charge on any atom is -0.308 e. The monoisotopic (exact) mass is 370 g/mol. The van der Waals surface area contributed by atoms with E-state index in [2.05, 4.69) is 36.8 Å². The van der Waals surface area contributed by atoms with Crippen LogP contribution in [0.25, 0.3) is 11.3 Å². The normalized spacial score (nSPS) is 10.3. The second kappa shape index (κ2) is 6.66. The Bertz CT molecular complexity index is 827. The number of benzene rings is 2. The number of carbonyl (C=O) groups is 1. The molecule has 0 saturated carbocycles. The first-order valence-electron chi connectivity index (χ1n) is 7.06. The highest BCUT2D eigenvalue weighted by molar-refractivity contribution is 9.10. The molecule has 0 radical (unpaired) electrons. The minimum atomic E-state index is -0.283. The zero-order valence-corrected chi connectivity index (χ0v) is 14.0. The van der Waals surface area contributed by atoms with E-state index in [-0.39, 0.29) is 6.03 Å². The number of H-pyrrole nitrogens is 1. The molecule has 3 aromatic rings. The molecule has 2 aromatic carbocycles. The van der Waals surface area contributed by atoms with Crippen LogP contribution in [0.15, 0.2) is 59.2 Å². The van der Waals surface area contributed by atoms with Gasteiger partial charge in [-0.2, -0.15) is 5.10 Å². The molecule has 0 saturated heterocycles. The number of hydrogen-bond acceptors (Lipinski definition) is 2. The van der Waals surface area contributed by atoms with E-state index in [4.69, 9.17) is 0 Å². The van der Waals surface area contributed by atoms with Gasteiger partial charge in [0.05, 0.1) is 16.4 Å². The van der Waals surface area contributed by atoms with Crippen molar-refractivity contribution in [3.05, 3.63) is 64.8 Å². The number of amides is 2. The molecule has 3 N–H and O–H groups in total. The molecule has 6 heteroatoms. The van der Waals surface area contributed by atoms with Crippen molar-refractivity contribution in [3.63, 3.8) is 0 Å². The zero-order chi connectivity index (χ0) is 16.2. The predicted octanol–water partition coefficient (Wildman–Crippen LogP) is 4.79. The van der Waals surface area contributed by atoms with Crippen LogP contribution in [0.1, 0.15) is 5.56 Å². The molecule has 5 nitrogen and oxygen atoms in total. The van der Waals surface area contributed by atoms with E-state index in [0.717, 1.165) is 27.0 Å². The number of nitrogens with zero attached hydrogens (tertiary/aromatic N) is 1. The van der Waals surface area contributed by atoms with Crippen molar-refractivity contribution < 1.29 is 4.79 Å². The summed E-state index contributed by atoms with van der Waals surface area (Å²) >= 11 is 3.44. The maximum absolute atomic E-state index is 12.1. The summed E-state index contributed by atoms with van der Waals surface area (Å²) in [6.07, 6.45) is 1.69. The average Bonchev–Trinajstić information content (AvgIpc) is 2.96. The first kappa shape index (κ1) is 15.3. The van der Waals surface area contributed by atoms with Crippen molar-refractivity contribution in [3.8, 4) is 11.3 Å². The molecule has 2 amide bonds. The zero-order valence-electron chi connectivity index (χ0n) is 12.4. The van der Waals surface area contributed by atoms with Crippen LogP contribution >= 0.6 is 15.9 Å². The maximum Gasteiger partial charge on any atom is 0.323 e. The van der Waals surface area contributed by atoms with E-state index in [1.54, 1.807) is 6.20 Å². The lowest BCUT2D eigenvalue weighted by atomic mass is 10.1. The van der Waals surface area contributed by atoms with E-state index in [1.165, 1.54) is 0 Å². The number of aromatic amines is 1. The van der Waals surface area contributed by atoms with Gasteiger partial charge in [-0.15, -0.1) is 0 Å². The van der Waals surface area contributed by atoms with Crippen molar-refractivity contribution in [2.24, 2.45) is 0 Å². The molecule has 0 atom stereocenters. The van der Waals surface area contributed by atoms with Gasteiger partial charge in [-0.05, 0) is 47.1 Å². The summed E-state index contributed by atoms with van der Waals surface area (Å²) in [6, 6.07) is 14.9. The molecular weight excluding hydrogens is 356 g/mol. The summed E-state index contributed by atoms with van der Waals surface area (Å²) in [4.78, 5) is 12.1. The van der Waals surface area contributed by atoms with E-state index in [0.29, 0.717) is 5.69 Å².